The maximum absolute atomic E-state index is 11.3. The fourth-order valence-electron chi connectivity index (χ4n) is 1.22. The van der Waals surface area contributed by atoms with Gasteiger partial charge < -0.3 is 9.47 Å². The highest BCUT2D eigenvalue weighted by atomic mass is 16.5. The molecule has 4 heteroatoms. The standard InChI is InChI=1S/C11H12O4/c1-8-3-4-9(6-15-7-12)5-10(8)11(13)14-2/h3-5,7H,6H2,1-2H3. The molecule has 0 spiro atoms. The first-order chi connectivity index (χ1) is 7.19. The van der Waals surface area contributed by atoms with E-state index >= 15 is 0 Å². The summed E-state index contributed by atoms with van der Waals surface area (Å²) >= 11 is 0. The van der Waals surface area contributed by atoms with Crippen molar-refractivity contribution in [3.8, 4) is 0 Å². The first-order valence-electron chi connectivity index (χ1n) is 4.42. The van der Waals surface area contributed by atoms with Crippen LogP contribution >= 0.6 is 0 Å². The fraction of sp³-hybridized carbons (Fsp3) is 0.273. The van der Waals surface area contributed by atoms with Gasteiger partial charge in [-0.1, -0.05) is 12.1 Å². The molecular weight excluding hydrogens is 196 g/mol. The molecule has 0 aromatic heterocycles. The molecule has 0 aliphatic rings. The number of rotatable bonds is 4. The van der Waals surface area contributed by atoms with E-state index < -0.39 is 0 Å². The summed E-state index contributed by atoms with van der Waals surface area (Å²) in [6.07, 6.45) is 0. The lowest BCUT2D eigenvalue weighted by molar-refractivity contribution is -0.129. The third kappa shape index (κ3) is 2.80. The van der Waals surface area contributed by atoms with Crippen LogP contribution in [-0.2, 0) is 20.9 Å². The Morgan fingerprint density at radius 2 is 2.20 bits per heavy atom. The van der Waals surface area contributed by atoms with Crippen molar-refractivity contribution < 1.29 is 19.1 Å². The Hall–Kier alpha value is -1.84. The van der Waals surface area contributed by atoms with E-state index in [0.29, 0.717) is 12.0 Å². The molecule has 15 heavy (non-hydrogen) atoms. The predicted octanol–water partition coefficient (Wildman–Crippen LogP) is 1.45. The van der Waals surface area contributed by atoms with Crippen LogP contribution in [0.4, 0.5) is 0 Å². The lowest BCUT2D eigenvalue weighted by atomic mass is 10.1. The molecule has 1 rings (SSSR count). The highest BCUT2D eigenvalue weighted by Gasteiger charge is 2.09. The minimum atomic E-state index is -0.388. The SMILES string of the molecule is COC(=O)c1cc(COC=O)ccc1C. The van der Waals surface area contributed by atoms with Gasteiger partial charge in [-0.05, 0) is 24.1 Å². The van der Waals surface area contributed by atoms with Crippen molar-refractivity contribution in [2.24, 2.45) is 0 Å². The third-order valence-corrected chi connectivity index (χ3v) is 2.03. The lowest BCUT2D eigenvalue weighted by Gasteiger charge is -2.06. The highest BCUT2D eigenvalue weighted by molar-refractivity contribution is 5.91. The Labute approximate surface area is 87.8 Å². The van der Waals surface area contributed by atoms with Gasteiger partial charge in [-0.3, -0.25) is 4.79 Å². The van der Waals surface area contributed by atoms with Crippen LogP contribution in [0.15, 0.2) is 18.2 Å². The minimum absolute atomic E-state index is 0.160. The maximum Gasteiger partial charge on any atom is 0.338 e. The van der Waals surface area contributed by atoms with E-state index in [9.17, 15) is 9.59 Å². The molecular formula is C11H12O4. The van der Waals surface area contributed by atoms with Crippen molar-refractivity contribution in [3.63, 3.8) is 0 Å². The summed E-state index contributed by atoms with van der Waals surface area (Å²) in [5.74, 6) is -0.388. The van der Waals surface area contributed by atoms with Crippen molar-refractivity contribution in [1.29, 1.82) is 0 Å². The van der Waals surface area contributed by atoms with Crippen molar-refractivity contribution >= 4 is 12.4 Å². The Kier molecular flexibility index (Phi) is 3.85. The average molecular weight is 208 g/mol. The average Bonchev–Trinajstić information content (AvgIpc) is 2.27. The molecule has 1 aromatic carbocycles. The van der Waals surface area contributed by atoms with Gasteiger partial charge in [0.05, 0.1) is 12.7 Å². The number of hydrogen-bond donors (Lipinski definition) is 0. The number of carbonyl (C=O) groups excluding carboxylic acids is 2. The van der Waals surface area contributed by atoms with Gasteiger partial charge in [-0.2, -0.15) is 0 Å². The summed E-state index contributed by atoms with van der Waals surface area (Å²) in [6, 6.07) is 5.24. The van der Waals surface area contributed by atoms with Crippen LogP contribution in [0, 0.1) is 6.92 Å². The highest BCUT2D eigenvalue weighted by Crippen LogP contribution is 2.12. The van der Waals surface area contributed by atoms with Gasteiger partial charge in [0.15, 0.2) is 0 Å². The molecule has 0 radical (unpaired) electrons. The quantitative estimate of drug-likeness (QED) is 0.555. The number of benzene rings is 1. The molecule has 0 saturated heterocycles. The molecule has 4 nitrogen and oxygen atoms in total. The topological polar surface area (TPSA) is 52.6 Å². The molecule has 80 valence electrons. The number of esters is 1. The van der Waals surface area contributed by atoms with E-state index in [4.69, 9.17) is 0 Å². The van der Waals surface area contributed by atoms with Gasteiger partial charge in [0.2, 0.25) is 0 Å². The summed E-state index contributed by atoms with van der Waals surface area (Å²) in [5, 5.41) is 0. The first-order valence-corrected chi connectivity index (χ1v) is 4.42. The molecule has 0 atom stereocenters. The van der Waals surface area contributed by atoms with Crippen molar-refractivity contribution in [3.05, 3.63) is 34.9 Å². The Morgan fingerprint density at radius 1 is 1.47 bits per heavy atom. The van der Waals surface area contributed by atoms with E-state index in [1.54, 1.807) is 18.2 Å². The zero-order valence-electron chi connectivity index (χ0n) is 8.65. The molecule has 0 heterocycles. The molecule has 1 aromatic rings. The largest absolute Gasteiger partial charge is 0.465 e. The van der Waals surface area contributed by atoms with Gasteiger partial charge in [0.1, 0.15) is 6.61 Å². The second-order valence-corrected chi connectivity index (χ2v) is 3.05. The van der Waals surface area contributed by atoms with Crippen molar-refractivity contribution in [2.45, 2.75) is 13.5 Å². The van der Waals surface area contributed by atoms with E-state index in [-0.39, 0.29) is 12.6 Å². The normalized spacial score (nSPS) is 9.47. The maximum atomic E-state index is 11.3. The number of carbonyl (C=O) groups is 2. The summed E-state index contributed by atoms with van der Waals surface area (Å²) in [5.41, 5.74) is 2.08. The fourth-order valence-corrected chi connectivity index (χ4v) is 1.22. The molecule has 0 fully saturated rings. The number of methoxy groups -OCH3 is 1. The van der Waals surface area contributed by atoms with Gasteiger partial charge in [0, 0.05) is 0 Å². The van der Waals surface area contributed by atoms with Gasteiger partial charge in [-0.25, -0.2) is 4.79 Å². The van der Waals surface area contributed by atoms with Crippen LogP contribution < -0.4 is 0 Å². The number of hydrogen-bond acceptors (Lipinski definition) is 4. The van der Waals surface area contributed by atoms with Crippen molar-refractivity contribution in [2.75, 3.05) is 7.11 Å². The van der Waals surface area contributed by atoms with Crippen LogP contribution in [0.3, 0.4) is 0 Å². The Balaban J connectivity index is 2.94. The van der Waals surface area contributed by atoms with Crippen LogP contribution in [-0.4, -0.2) is 19.6 Å². The van der Waals surface area contributed by atoms with Crippen LogP contribution in [0.2, 0.25) is 0 Å². The lowest BCUT2D eigenvalue weighted by Crippen LogP contribution is -2.05. The van der Waals surface area contributed by atoms with E-state index in [1.807, 2.05) is 6.92 Å². The molecule has 0 saturated carbocycles. The van der Waals surface area contributed by atoms with Crippen LogP contribution in [0.25, 0.3) is 0 Å². The van der Waals surface area contributed by atoms with Gasteiger partial charge >= 0.3 is 5.97 Å². The second-order valence-electron chi connectivity index (χ2n) is 3.05. The first kappa shape index (κ1) is 11.2. The Bertz CT molecular complexity index is 371. The van der Waals surface area contributed by atoms with E-state index in [2.05, 4.69) is 9.47 Å². The Morgan fingerprint density at radius 3 is 2.80 bits per heavy atom. The second kappa shape index (κ2) is 5.14. The molecule has 0 aliphatic heterocycles. The molecule has 0 amide bonds. The third-order valence-electron chi connectivity index (χ3n) is 2.03. The summed E-state index contributed by atoms with van der Waals surface area (Å²) < 4.78 is 9.22. The number of ether oxygens (including phenoxy) is 2. The van der Waals surface area contributed by atoms with Gasteiger partial charge in [0.25, 0.3) is 6.47 Å². The predicted molar refractivity (Wildman–Crippen MR) is 53.4 cm³/mol. The molecule has 0 unspecified atom stereocenters. The molecule has 0 aliphatic carbocycles. The molecule has 0 bridgehead atoms. The van der Waals surface area contributed by atoms with Gasteiger partial charge in [-0.15, -0.1) is 0 Å². The van der Waals surface area contributed by atoms with Crippen LogP contribution in [0.5, 0.6) is 0 Å². The summed E-state index contributed by atoms with van der Waals surface area (Å²) in [7, 11) is 1.33. The van der Waals surface area contributed by atoms with E-state index in [0.717, 1.165) is 11.1 Å². The van der Waals surface area contributed by atoms with Crippen molar-refractivity contribution in [1.82, 2.24) is 0 Å². The summed E-state index contributed by atoms with van der Waals surface area (Å²) in [4.78, 5) is 21.3. The molecule has 0 N–H and O–H groups in total. The zero-order chi connectivity index (χ0) is 11.3. The smallest absolute Gasteiger partial charge is 0.338 e. The van der Waals surface area contributed by atoms with Crippen LogP contribution in [0.1, 0.15) is 21.5 Å². The minimum Gasteiger partial charge on any atom is -0.465 e. The van der Waals surface area contributed by atoms with E-state index in [1.165, 1.54) is 7.11 Å². The summed E-state index contributed by atoms with van der Waals surface area (Å²) in [6.45, 7) is 2.35. The zero-order valence-corrected chi connectivity index (χ0v) is 8.65. The monoisotopic (exact) mass is 208 g/mol. The number of aryl methyl sites for hydroxylation is 1.